The third kappa shape index (κ3) is 8.86. The van der Waals surface area contributed by atoms with E-state index >= 15 is 0 Å². The lowest BCUT2D eigenvalue weighted by Crippen LogP contribution is -2.42. The van der Waals surface area contributed by atoms with Crippen LogP contribution in [0.4, 0.5) is 13.2 Å². The number of amides is 1. The number of sulfonamides is 1. The molecule has 1 aliphatic heterocycles. The number of rotatable bonds is 12. The van der Waals surface area contributed by atoms with Crippen LogP contribution < -0.4 is 15.4 Å². The van der Waals surface area contributed by atoms with Gasteiger partial charge in [0.25, 0.3) is 0 Å². The first kappa shape index (κ1) is 28.7. The van der Waals surface area contributed by atoms with E-state index in [0.29, 0.717) is 36.3 Å². The summed E-state index contributed by atoms with van der Waals surface area (Å²) in [4.78, 5) is 24.9. The van der Waals surface area contributed by atoms with Crippen LogP contribution in [0.2, 0.25) is 0 Å². The molecular formula is C24H28F3N3O5S2. The fourth-order valence-corrected chi connectivity index (χ4v) is 5.96. The van der Waals surface area contributed by atoms with Crippen LogP contribution in [0.25, 0.3) is 0 Å². The number of nitrogens with one attached hydrogen (secondary N) is 3. The van der Waals surface area contributed by atoms with Gasteiger partial charge in [0.2, 0.25) is 15.9 Å². The molecule has 1 atom stereocenters. The second-order valence-electron chi connectivity index (χ2n) is 8.55. The summed E-state index contributed by atoms with van der Waals surface area (Å²) in [5.41, 5.74) is -1.01. The number of carbonyl (C=O) groups excluding carboxylic acids is 1. The van der Waals surface area contributed by atoms with E-state index in [2.05, 4.69) is 15.4 Å². The van der Waals surface area contributed by atoms with E-state index in [0.717, 1.165) is 48.6 Å². The first-order valence-electron chi connectivity index (χ1n) is 11.7. The van der Waals surface area contributed by atoms with Crippen LogP contribution in [0, 0.1) is 0 Å². The van der Waals surface area contributed by atoms with Crippen molar-refractivity contribution in [1.29, 1.82) is 0 Å². The van der Waals surface area contributed by atoms with Gasteiger partial charge >= 0.3 is 12.1 Å². The molecule has 0 fully saturated rings. The Balaban J connectivity index is 1.50. The highest BCUT2D eigenvalue weighted by molar-refractivity contribution is 7.89. The van der Waals surface area contributed by atoms with Gasteiger partial charge in [-0.15, -0.1) is 11.3 Å². The Hall–Kier alpha value is -2.90. The Morgan fingerprint density at radius 3 is 2.41 bits per heavy atom. The quantitative estimate of drug-likeness (QED) is 0.293. The number of carboxylic acids is 1. The zero-order valence-corrected chi connectivity index (χ0v) is 21.4. The van der Waals surface area contributed by atoms with Gasteiger partial charge in [0.05, 0.1) is 10.5 Å². The molecule has 8 nitrogen and oxygen atoms in total. The van der Waals surface area contributed by atoms with E-state index in [9.17, 15) is 36.3 Å². The summed E-state index contributed by atoms with van der Waals surface area (Å²) in [5, 5.41) is 15.5. The van der Waals surface area contributed by atoms with Crippen molar-refractivity contribution in [1.82, 2.24) is 15.4 Å². The summed E-state index contributed by atoms with van der Waals surface area (Å²) in [5.74, 6) is -0.711. The SMILES string of the molecule is O=C(CCCCc1ccc(C[C@H](NS(=O)(=O)c2ccc(C(F)(F)F)cc2)C(=O)O)s1)NC1=CCCCN1. The molecule has 202 valence electrons. The maximum Gasteiger partial charge on any atom is 0.416 e. The van der Waals surface area contributed by atoms with Crippen LogP contribution in [0.3, 0.4) is 0 Å². The van der Waals surface area contributed by atoms with E-state index < -0.39 is 38.7 Å². The minimum atomic E-state index is -4.62. The van der Waals surface area contributed by atoms with Crippen molar-refractivity contribution in [2.75, 3.05) is 6.54 Å². The van der Waals surface area contributed by atoms with Crippen LogP contribution in [0.1, 0.15) is 47.4 Å². The number of aryl methyl sites for hydroxylation is 1. The molecule has 1 aromatic heterocycles. The lowest BCUT2D eigenvalue weighted by atomic mass is 10.1. The third-order valence-corrected chi connectivity index (χ3v) is 8.26. The van der Waals surface area contributed by atoms with E-state index in [1.54, 1.807) is 6.07 Å². The molecule has 1 amide bonds. The van der Waals surface area contributed by atoms with Crippen LogP contribution >= 0.6 is 11.3 Å². The largest absolute Gasteiger partial charge is 0.480 e. The molecule has 1 aromatic carbocycles. The summed E-state index contributed by atoms with van der Waals surface area (Å²) in [6.07, 6.45) is 1.70. The van der Waals surface area contributed by atoms with Crippen molar-refractivity contribution in [3.63, 3.8) is 0 Å². The smallest absolute Gasteiger partial charge is 0.416 e. The molecule has 2 heterocycles. The minimum absolute atomic E-state index is 0.0582. The molecule has 0 bridgehead atoms. The molecule has 0 spiro atoms. The topological polar surface area (TPSA) is 125 Å². The molecule has 4 N–H and O–H groups in total. The van der Waals surface area contributed by atoms with Crippen molar-refractivity contribution >= 4 is 33.2 Å². The Kier molecular flexibility index (Phi) is 9.74. The van der Waals surface area contributed by atoms with Gasteiger partial charge in [0, 0.05) is 29.1 Å². The highest BCUT2D eigenvalue weighted by Crippen LogP contribution is 2.30. The second kappa shape index (κ2) is 12.6. The number of benzene rings is 1. The number of carbonyl (C=O) groups is 2. The molecule has 0 saturated heterocycles. The van der Waals surface area contributed by atoms with Crippen molar-refractivity contribution in [2.45, 2.75) is 62.1 Å². The molecular weight excluding hydrogens is 531 g/mol. The van der Waals surface area contributed by atoms with Gasteiger partial charge in [0.15, 0.2) is 0 Å². The second-order valence-corrected chi connectivity index (χ2v) is 11.5. The summed E-state index contributed by atoms with van der Waals surface area (Å²) < 4.78 is 65.4. The van der Waals surface area contributed by atoms with Gasteiger partial charge < -0.3 is 15.7 Å². The Labute approximate surface area is 217 Å². The van der Waals surface area contributed by atoms with Gasteiger partial charge in [-0.1, -0.05) is 0 Å². The standard InChI is InChI=1S/C24H28F3N3O5S2/c25-24(26,27)16-8-12-19(13-9-16)37(34,35)30-20(23(32)33)15-18-11-10-17(36-18)5-1-2-7-22(31)29-21-6-3-4-14-28-21/h6,8-13,20,28,30H,1-5,7,14-15H2,(H,29,31)(H,32,33)/t20-/m0/s1. The number of hydrogen-bond donors (Lipinski definition) is 4. The third-order valence-electron chi connectivity index (χ3n) is 5.61. The lowest BCUT2D eigenvalue weighted by Gasteiger charge is -2.16. The van der Waals surface area contributed by atoms with E-state index in [-0.39, 0.29) is 12.3 Å². The van der Waals surface area contributed by atoms with Crippen LogP contribution in [0.15, 0.2) is 53.2 Å². The molecule has 0 unspecified atom stereocenters. The molecule has 0 radical (unpaired) electrons. The van der Waals surface area contributed by atoms with Crippen molar-refractivity contribution in [3.05, 3.63) is 63.6 Å². The Morgan fingerprint density at radius 2 is 1.78 bits per heavy atom. The molecule has 2 aromatic rings. The number of carboxylic acid groups (broad SMARTS) is 1. The number of alkyl halides is 3. The van der Waals surface area contributed by atoms with E-state index in [1.807, 2.05) is 12.1 Å². The fourth-order valence-electron chi connectivity index (χ4n) is 3.66. The number of allylic oxidation sites excluding steroid dienone is 1. The highest BCUT2D eigenvalue weighted by Gasteiger charge is 2.31. The van der Waals surface area contributed by atoms with E-state index in [1.165, 1.54) is 11.3 Å². The van der Waals surface area contributed by atoms with Crippen LogP contribution in [0.5, 0.6) is 0 Å². The average molecular weight is 560 g/mol. The van der Waals surface area contributed by atoms with Gasteiger partial charge in [-0.2, -0.15) is 17.9 Å². The minimum Gasteiger partial charge on any atom is -0.480 e. The average Bonchev–Trinajstić information content (AvgIpc) is 3.28. The zero-order valence-electron chi connectivity index (χ0n) is 19.8. The molecule has 3 rings (SSSR count). The van der Waals surface area contributed by atoms with Crippen LogP contribution in [-0.2, 0) is 38.6 Å². The molecule has 1 aliphatic rings. The molecule has 0 aliphatic carbocycles. The summed E-state index contributed by atoms with van der Waals surface area (Å²) in [6.45, 7) is 0.839. The van der Waals surface area contributed by atoms with Crippen molar-refractivity contribution < 1.29 is 36.3 Å². The Morgan fingerprint density at radius 1 is 1.08 bits per heavy atom. The molecule has 13 heteroatoms. The van der Waals surface area contributed by atoms with Gasteiger partial charge in [0.1, 0.15) is 11.9 Å². The van der Waals surface area contributed by atoms with Crippen molar-refractivity contribution in [3.8, 4) is 0 Å². The number of aliphatic carboxylic acids is 1. The molecule has 0 saturated carbocycles. The van der Waals surface area contributed by atoms with Crippen molar-refractivity contribution in [2.24, 2.45) is 0 Å². The number of unbranched alkanes of at least 4 members (excludes halogenated alkanes) is 1. The van der Waals surface area contributed by atoms with Gasteiger partial charge in [-0.05, 0) is 74.6 Å². The zero-order chi connectivity index (χ0) is 27.1. The van der Waals surface area contributed by atoms with Gasteiger partial charge in [-0.3, -0.25) is 9.59 Å². The molecule has 37 heavy (non-hydrogen) atoms. The summed E-state index contributed by atoms with van der Waals surface area (Å²) >= 11 is 1.35. The monoisotopic (exact) mass is 559 g/mol. The number of hydrogen-bond acceptors (Lipinski definition) is 6. The number of thiophene rings is 1. The Bertz CT molecular complexity index is 1220. The number of halogens is 3. The lowest BCUT2D eigenvalue weighted by molar-refractivity contribution is -0.139. The first-order chi connectivity index (χ1) is 17.4. The van der Waals surface area contributed by atoms with Gasteiger partial charge in [-0.25, -0.2) is 8.42 Å². The van der Waals surface area contributed by atoms with E-state index in [4.69, 9.17) is 0 Å². The predicted octanol–water partition coefficient (Wildman–Crippen LogP) is 3.79. The maximum atomic E-state index is 12.7. The predicted molar refractivity (Wildman–Crippen MR) is 132 cm³/mol. The first-order valence-corrected chi connectivity index (χ1v) is 14.0. The maximum absolute atomic E-state index is 12.7. The summed E-state index contributed by atoms with van der Waals surface area (Å²) in [7, 11) is -4.36. The van der Waals surface area contributed by atoms with Crippen LogP contribution in [-0.4, -0.2) is 38.0 Å². The highest BCUT2D eigenvalue weighted by atomic mass is 32.2. The summed E-state index contributed by atoms with van der Waals surface area (Å²) in [6, 6.07) is 4.89. The normalized spacial score (nSPS) is 14.9. The fraction of sp³-hybridized carbons (Fsp3) is 0.417.